The number of nitrogens with one attached hydrogen (secondary N) is 1. The summed E-state index contributed by atoms with van der Waals surface area (Å²) in [6.45, 7) is 2.52. The van der Waals surface area contributed by atoms with Crippen molar-refractivity contribution in [1.82, 2.24) is 19.9 Å². The predicted molar refractivity (Wildman–Crippen MR) is 79.8 cm³/mol. The normalized spacial score (nSPS) is 30.0. The van der Waals surface area contributed by atoms with Gasteiger partial charge < -0.3 is 14.8 Å². The van der Waals surface area contributed by atoms with Gasteiger partial charge in [0.2, 0.25) is 0 Å². The Kier molecular flexibility index (Phi) is 2.70. The molecule has 1 saturated carbocycles. The van der Waals surface area contributed by atoms with E-state index in [0.717, 1.165) is 28.7 Å². The first-order chi connectivity index (χ1) is 9.72. The molecule has 5 heteroatoms. The zero-order valence-electron chi connectivity index (χ0n) is 12.1. The van der Waals surface area contributed by atoms with Crippen molar-refractivity contribution in [3.63, 3.8) is 0 Å². The maximum atomic E-state index is 4.52. The first-order valence-corrected chi connectivity index (χ1v) is 7.42. The van der Waals surface area contributed by atoms with Gasteiger partial charge in [0.15, 0.2) is 0 Å². The SMILES string of the molecule is CN1CC2CC(N(C)c3ncnc4[nH]ccc34)CC2C1. The third-order valence-electron chi connectivity index (χ3n) is 5.12. The summed E-state index contributed by atoms with van der Waals surface area (Å²) < 4.78 is 0. The van der Waals surface area contributed by atoms with Crippen LogP contribution in [-0.4, -0.2) is 53.1 Å². The third-order valence-corrected chi connectivity index (χ3v) is 5.12. The highest BCUT2D eigenvalue weighted by Gasteiger charge is 2.41. The van der Waals surface area contributed by atoms with Crippen molar-refractivity contribution in [2.24, 2.45) is 11.8 Å². The molecule has 0 amide bonds. The van der Waals surface area contributed by atoms with Crippen molar-refractivity contribution in [3.05, 3.63) is 18.6 Å². The molecule has 20 heavy (non-hydrogen) atoms. The summed E-state index contributed by atoms with van der Waals surface area (Å²) in [7, 11) is 4.43. The van der Waals surface area contributed by atoms with E-state index in [-0.39, 0.29) is 0 Å². The second kappa shape index (κ2) is 4.45. The van der Waals surface area contributed by atoms with Gasteiger partial charge in [-0.1, -0.05) is 0 Å². The number of nitrogens with zero attached hydrogens (tertiary/aromatic N) is 4. The largest absolute Gasteiger partial charge is 0.356 e. The molecule has 2 atom stereocenters. The van der Waals surface area contributed by atoms with Gasteiger partial charge in [0.25, 0.3) is 0 Å². The van der Waals surface area contributed by atoms with Gasteiger partial charge in [-0.2, -0.15) is 0 Å². The Labute approximate surface area is 119 Å². The number of hydrogen-bond donors (Lipinski definition) is 1. The topological polar surface area (TPSA) is 48.1 Å². The Morgan fingerprint density at radius 1 is 1.25 bits per heavy atom. The molecule has 1 N–H and O–H groups in total. The molecule has 2 aromatic rings. The number of rotatable bonds is 2. The smallest absolute Gasteiger partial charge is 0.142 e. The Balaban J connectivity index is 1.59. The Bertz CT molecular complexity index is 608. The molecule has 5 nitrogen and oxygen atoms in total. The van der Waals surface area contributed by atoms with Crippen LogP contribution in [0.4, 0.5) is 5.82 Å². The Morgan fingerprint density at radius 3 is 2.75 bits per heavy atom. The first kappa shape index (κ1) is 12.1. The van der Waals surface area contributed by atoms with Crippen LogP contribution in [-0.2, 0) is 0 Å². The van der Waals surface area contributed by atoms with Crippen molar-refractivity contribution >= 4 is 16.9 Å². The van der Waals surface area contributed by atoms with Crippen LogP contribution in [0.15, 0.2) is 18.6 Å². The van der Waals surface area contributed by atoms with Gasteiger partial charge in [0.1, 0.15) is 17.8 Å². The number of anilines is 1. The number of hydrogen-bond acceptors (Lipinski definition) is 4. The van der Waals surface area contributed by atoms with E-state index in [9.17, 15) is 0 Å². The second-order valence-corrected chi connectivity index (χ2v) is 6.41. The summed E-state index contributed by atoms with van der Waals surface area (Å²) in [4.78, 5) is 16.8. The molecule has 1 aliphatic heterocycles. The molecule has 1 aliphatic carbocycles. The van der Waals surface area contributed by atoms with Crippen LogP contribution < -0.4 is 4.90 Å². The number of H-pyrrole nitrogens is 1. The van der Waals surface area contributed by atoms with Crippen molar-refractivity contribution in [2.75, 3.05) is 32.1 Å². The molecule has 4 rings (SSSR count). The highest BCUT2D eigenvalue weighted by molar-refractivity contribution is 5.87. The fourth-order valence-corrected chi connectivity index (χ4v) is 4.13. The van der Waals surface area contributed by atoms with E-state index >= 15 is 0 Å². The molecule has 1 saturated heterocycles. The van der Waals surface area contributed by atoms with Crippen LogP contribution in [0, 0.1) is 11.8 Å². The van der Waals surface area contributed by atoms with Crippen LogP contribution >= 0.6 is 0 Å². The lowest BCUT2D eigenvalue weighted by Crippen LogP contribution is -2.32. The van der Waals surface area contributed by atoms with Crippen molar-refractivity contribution in [2.45, 2.75) is 18.9 Å². The molecule has 2 fully saturated rings. The summed E-state index contributed by atoms with van der Waals surface area (Å²) in [6, 6.07) is 2.69. The zero-order valence-corrected chi connectivity index (χ0v) is 12.1. The van der Waals surface area contributed by atoms with Crippen molar-refractivity contribution in [3.8, 4) is 0 Å². The van der Waals surface area contributed by atoms with E-state index in [4.69, 9.17) is 0 Å². The monoisotopic (exact) mass is 271 g/mol. The average molecular weight is 271 g/mol. The second-order valence-electron chi connectivity index (χ2n) is 6.41. The number of fused-ring (bicyclic) bond motifs is 2. The van der Waals surface area contributed by atoms with E-state index < -0.39 is 0 Å². The summed E-state index contributed by atoms with van der Waals surface area (Å²) in [6.07, 6.45) is 6.19. The zero-order chi connectivity index (χ0) is 13.7. The van der Waals surface area contributed by atoms with Gasteiger partial charge in [0, 0.05) is 32.4 Å². The molecule has 0 bridgehead atoms. The molecule has 106 valence electrons. The molecule has 3 heterocycles. The van der Waals surface area contributed by atoms with Gasteiger partial charge in [0.05, 0.1) is 5.39 Å². The molecular formula is C15H21N5. The molecule has 0 radical (unpaired) electrons. The lowest BCUT2D eigenvalue weighted by Gasteiger charge is -2.27. The lowest BCUT2D eigenvalue weighted by atomic mass is 10.0. The van der Waals surface area contributed by atoms with Crippen LogP contribution in [0.25, 0.3) is 11.0 Å². The minimum absolute atomic E-state index is 0.617. The fourth-order valence-electron chi connectivity index (χ4n) is 4.13. The molecule has 2 aromatic heterocycles. The van der Waals surface area contributed by atoms with E-state index in [1.54, 1.807) is 6.33 Å². The van der Waals surface area contributed by atoms with Crippen molar-refractivity contribution in [1.29, 1.82) is 0 Å². The van der Waals surface area contributed by atoms with Gasteiger partial charge in [-0.15, -0.1) is 0 Å². The summed E-state index contributed by atoms with van der Waals surface area (Å²) in [5.41, 5.74) is 0.930. The van der Waals surface area contributed by atoms with Crippen molar-refractivity contribution < 1.29 is 0 Å². The minimum Gasteiger partial charge on any atom is -0.356 e. The number of aromatic nitrogens is 3. The maximum Gasteiger partial charge on any atom is 0.142 e. The summed E-state index contributed by atoms with van der Waals surface area (Å²) >= 11 is 0. The minimum atomic E-state index is 0.617. The Morgan fingerprint density at radius 2 is 2.00 bits per heavy atom. The van der Waals surface area contributed by atoms with Crippen LogP contribution in [0.5, 0.6) is 0 Å². The van der Waals surface area contributed by atoms with E-state index in [1.165, 1.54) is 25.9 Å². The van der Waals surface area contributed by atoms with Gasteiger partial charge in [-0.05, 0) is 37.8 Å². The van der Waals surface area contributed by atoms with Gasteiger partial charge in [-0.25, -0.2) is 9.97 Å². The van der Waals surface area contributed by atoms with Crippen LogP contribution in [0.3, 0.4) is 0 Å². The third kappa shape index (κ3) is 1.80. The van der Waals surface area contributed by atoms with Gasteiger partial charge >= 0.3 is 0 Å². The lowest BCUT2D eigenvalue weighted by molar-refractivity contribution is 0.369. The van der Waals surface area contributed by atoms with E-state index in [0.29, 0.717) is 6.04 Å². The summed E-state index contributed by atoms with van der Waals surface area (Å²) in [5, 5.41) is 1.13. The molecule has 0 aromatic carbocycles. The average Bonchev–Trinajstić information content (AvgIpc) is 3.10. The summed E-state index contributed by atoms with van der Waals surface area (Å²) in [5.74, 6) is 2.81. The molecule has 2 unspecified atom stereocenters. The van der Waals surface area contributed by atoms with E-state index in [1.807, 2.05) is 6.20 Å². The molecular weight excluding hydrogens is 250 g/mol. The molecule has 2 aliphatic rings. The number of likely N-dealkylation sites (tertiary alicyclic amines) is 1. The molecule has 0 spiro atoms. The first-order valence-electron chi connectivity index (χ1n) is 7.42. The maximum absolute atomic E-state index is 4.52. The van der Waals surface area contributed by atoms with Crippen LogP contribution in [0.1, 0.15) is 12.8 Å². The predicted octanol–water partition coefficient (Wildman–Crippen LogP) is 1.73. The van der Waals surface area contributed by atoms with E-state index in [2.05, 4.69) is 44.9 Å². The fraction of sp³-hybridized carbons (Fsp3) is 0.600. The standard InChI is InChI=1S/C15H21N5/c1-19-7-10-5-12(6-11(10)8-19)20(2)15-13-3-4-16-14(13)17-9-18-15/h3-4,9-12H,5-8H2,1-2H3,(H,16,17,18). The highest BCUT2D eigenvalue weighted by atomic mass is 15.2. The Hall–Kier alpha value is -1.62. The van der Waals surface area contributed by atoms with Gasteiger partial charge in [-0.3, -0.25) is 0 Å². The highest BCUT2D eigenvalue weighted by Crippen LogP contribution is 2.40. The van der Waals surface area contributed by atoms with Crippen LogP contribution in [0.2, 0.25) is 0 Å². The quantitative estimate of drug-likeness (QED) is 0.904. The number of aromatic amines is 1.